The Bertz CT molecular complexity index is 4690. The Balaban J connectivity index is 0.958. The summed E-state index contributed by atoms with van der Waals surface area (Å²) in [5.41, 5.74) is 21.4. The maximum atomic E-state index is 2.56. The lowest BCUT2D eigenvalue weighted by atomic mass is 9.65. The van der Waals surface area contributed by atoms with Gasteiger partial charge in [0.1, 0.15) is 0 Å². The van der Waals surface area contributed by atoms with Gasteiger partial charge in [-0.2, -0.15) is 0 Å². The summed E-state index contributed by atoms with van der Waals surface area (Å²) in [6.45, 7) is 0. The molecule has 76 heavy (non-hydrogen) atoms. The number of aromatic nitrogens is 1. The van der Waals surface area contributed by atoms with Crippen LogP contribution in [0.25, 0.3) is 82.1 Å². The highest BCUT2D eigenvalue weighted by Crippen LogP contribution is 2.64. The van der Waals surface area contributed by atoms with Crippen LogP contribution in [0.5, 0.6) is 0 Å². The van der Waals surface area contributed by atoms with E-state index in [9.17, 15) is 0 Å². The van der Waals surface area contributed by atoms with Gasteiger partial charge in [-0.05, 0) is 136 Å². The molecule has 0 saturated heterocycles. The van der Waals surface area contributed by atoms with Crippen LogP contribution in [0.3, 0.4) is 0 Å². The number of anilines is 3. The minimum atomic E-state index is -0.595. The van der Waals surface area contributed by atoms with Crippen LogP contribution in [0.4, 0.5) is 17.1 Å². The smallest absolute Gasteiger partial charge is 0.0755 e. The fraction of sp³-hybridized carbons (Fsp3) is 0.0270. The Kier molecular flexibility index (Phi) is 8.44. The molecule has 2 heterocycles. The summed E-state index contributed by atoms with van der Waals surface area (Å²) >= 11 is 0. The highest BCUT2D eigenvalue weighted by atomic mass is 15.1. The van der Waals surface area contributed by atoms with Gasteiger partial charge < -0.3 is 9.47 Å². The van der Waals surface area contributed by atoms with Crippen LogP contribution in [0, 0.1) is 0 Å². The molecule has 1 aliphatic heterocycles. The SMILES string of the molecule is c1ccc(C2(c3ccc(N(c4ccc5c6ccccc6c6ccccc6c5c4)c4cccc5c4-c4ccccc4C54c5ccccc5-n5c6ccccc6c6cccc4c65)cc3)c3ccccc3-c3ccccc32)cc1. The lowest BCUT2D eigenvalue weighted by molar-refractivity contribution is 0.748. The van der Waals surface area contributed by atoms with Crippen LogP contribution in [0.15, 0.2) is 279 Å². The maximum Gasteiger partial charge on any atom is 0.0755 e. The van der Waals surface area contributed by atoms with Gasteiger partial charge in [-0.1, -0.05) is 237 Å². The Hall–Kier alpha value is -9.76. The number of benzene rings is 13. The number of fused-ring (bicyclic) bond motifs is 21. The van der Waals surface area contributed by atoms with Crippen molar-refractivity contribution in [1.82, 2.24) is 4.57 Å². The van der Waals surface area contributed by atoms with Gasteiger partial charge in [-0.15, -0.1) is 0 Å². The van der Waals surface area contributed by atoms with Crippen LogP contribution < -0.4 is 4.90 Å². The summed E-state index contributed by atoms with van der Waals surface area (Å²) in [4.78, 5) is 2.56. The van der Waals surface area contributed by atoms with Gasteiger partial charge >= 0.3 is 0 Å². The molecule has 14 aromatic rings. The van der Waals surface area contributed by atoms with Crippen molar-refractivity contribution in [1.29, 1.82) is 0 Å². The topological polar surface area (TPSA) is 8.17 Å². The molecule has 17 rings (SSSR count). The number of hydrogen-bond acceptors (Lipinski definition) is 1. The summed E-state index contributed by atoms with van der Waals surface area (Å²) in [6.07, 6.45) is 0. The second-order valence-electron chi connectivity index (χ2n) is 21.0. The second-order valence-corrected chi connectivity index (χ2v) is 21.0. The Morgan fingerprint density at radius 2 is 0.750 bits per heavy atom. The van der Waals surface area contributed by atoms with Crippen molar-refractivity contribution < 1.29 is 0 Å². The predicted octanol–water partition coefficient (Wildman–Crippen LogP) is 18.8. The first kappa shape index (κ1) is 41.7. The van der Waals surface area contributed by atoms with E-state index in [1.165, 1.54) is 127 Å². The molecule has 2 heteroatoms. The molecule has 1 aromatic heterocycles. The molecule has 0 amide bonds. The lowest BCUT2D eigenvalue weighted by Gasteiger charge is -2.39. The first-order valence-electron chi connectivity index (χ1n) is 26.6. The van der Waals surface area contributed by atoms with E-state index in [1.807, 2.05) is 0 Å². The number of nitrogens with zero attached hydrogens (tertiary/aromatic N) is 2. The first-order chi connectivity index (χ1) is 37.7. The largest absolute Gasteiger partial charge is 0.310 e. The van der Waals surface area contributed by atoms with E-state index in [1.54, 1.807) is 0 Å². The maximum absolute atomic E-state index is 2.56. The first-order valence-corrected chi connectivity index (χ1v) is 26.6. The van der Waals surface area contributed by atoms with E-state index >= 15 is 0 Å². The summed E-state index contributed by atoms with van der Waals surface area (Å²) in [5, 5.41) is 10.1. The van der Waals surface area contributed by atoms with E-state index in [0.29, 0.717) is 0 Å². The fourth-order valence-electron chi connectivity index (χ4n) is 14.8. The molecule has 0 saturated carbocycles. The average molecular weight is 963 g/mol. The molecule has 2 aliphatic carbocycles. The van der Waals surface area contributed by atoms with E-state index in [2.05, 4.69) is 289 Å². The van der Waals surface area contributed by atoms with Gasteiger partial charge in [-0.25, -0.2) is 0 Å². The quantitative estimate of drug-likeness (QED) is 0.156. The molecule has 2 nitrogen and oxygen atoms in total. The summed E-state index contributed by atoms with van der Waals surface area (Å²) in [6, 6.07) is 105. The summed E-state index contributed by atoms with van der Waals surface area (Å²) in [7, 11) is 0. The van der Waals surface area contributed by atoms with Crippen molar-refractivity contribution in [2.24, 2.45) is 0 Å². The predicted molar refractivity (Wildman–Crippen MR) is 316 cm³/mol. The zero-order valence-electron chi connectivity index (χ0n) is 41.5. The molecule has 0 radical (unpaired) electrons. The van der Waals surface area contributed by atoms with Crippen LogP contribution in [0.1, 0.15) is 44.5 Å². The molecular formula is C74H46N2. The third kappa shape index (κ3) is 5.20. The molecule has 0 N–H and O–H groups in total. The van der Waals surface area contributed by atoms with Crippen molar-refractivity contribution >= 4 is 71.2 Å². The van der Waals surface area contributed by atoms with Gasteiger partial charge in [0, 0.05) is 27.7 Å². The summed E-state index contributed by atoms with van der Waals surface area (Å²) < 4.78 is 2.53. The Morgan fingerprint density at radius 1 is 0.276 bits per heavy atom. The van der Waals surface area contributed by atoms with E-state index < -0.39 is 10.8 Å². The molecule has 13 aromatic carbocycles. The number of hydrogen-bond donors (Lipinski definition) is 0. The highest BCUT2D eigenvalue weighted by Gasteiger charge is 2.52. The molecule has 0 bridgehead atoms. The average Bonchev–Trinajstić information content (AvgIpc) is 4.29. The third-order valence-electron chi connectivity index (χ3n) is 17.6. The van der Waals surface area contributed by atoms with Crippen molar-refractivity contribution in [2.75, 3.05) is 4.90 Å². The molecule has 1 spiro atoms. The molecule has 3 aliphatic rings. The Morgan fingerprint density at radius 3 is 1.45 bits per heavy atom. The fourth-order valence-corrected chi connectivity index (χ4v) is 14.8. The zero-order valence-corrected chi connectivity index (χ0v) is 41.5. The molecule has 1 atom stereocenters. The highest BCUT2D eigenvalue weighted by molar-refractivity contribution is 6.26. The molecule has 352 valence electrons. The van der Waals surface area contributed by atoms with E-state index in [4.69, 9.17) is 0 Å². The monoisotopic (exact) mass is 962 g/mol. The second kappa shape index (κ2) is 15.4. The van der Waals surface area contributed by atoms with Crippen LogP contribution in [-0.4, -0.2) is 4.57 Å². The van der Waals surface area contributed by atoms with E-state index in [0.717, 1.165) is 17.1 Å². The van der Waals surface area contributed by atoms with E-state index in [-0.39, 0.29) is 0 Å². The van der Waals surface area contributed by atoms with Crippen LogP contribution in [0.2, 0.25) is 0 Å². The van der Waals surface area contributed by atoms with Crippen molar-refractivity contribution in [2.45, 2.75) is 10.8 Å². The van der Waals surface area contributed by atoms with Crippen molar-refractivity contribution in [3.05, 3.63) is 324 Å². The molecule has 0 fully saturated rings. The molecule has 1 unspecified atom stereocenters. The van der Waals surface area contributed by atoms with Gasteiger partial charge in [0.2, 0.25) is 0 Å². The van der Waals surface area contributed by atoms with Crippen molar-refractivity contribution in [3.63, 3.8) is 0 Å². The molecular weight excluding hydrogens is 917 g/mol. The van der Waals surface area contributed by atoms with Gasteiger partial charge in [0.15, 0.2) is 0 Å². The standard InChI is InChI=1S/C74H46N2/c1-2-20-47(21-3-1)73(62-31-12-8-26-56(62)57-27-9-13-32-63(57)73)48-40-42-49(43-41-48)75(50-44-45-55-53-24-5-4-22-51(53)52-23-6-7-25-54(52)61(55)46-50)70-39-19-35-66-71(70)60-29-10-14-33-64(60)74(66)65-34-15-17-38-69(65)76-68-37-16-11-28-58(68)59-30-18-36-67(74)72(59)76/h1-46H. The summed E-state index contributed by atoms with van der Waals surface area (Å²) in [5.74, 6) is 0. The Labute approximate surface area is 440 Å². The lowest BCUT2D eigenvalue weighted by Crippen LogP contribution is -2.33. The number of rotatable bonds is 5. The normalized spacial score (nSPS) is 15.3. The zero-order chi connectivity index (χ0) is 49.7. The third-order valence-corrected chi connectivity index (χ3v) is 17.6. The minimum Gasteiger partial charge on any atom is -0.310 e. The minimum absolute atomic E-state index is 0.516. The van der Waals surface area contributed by atoms with Crippen LogP contribution >= 0.6 is 0 Å². The van der Waals surface area contributed by atoms with Gasteiger partial charge in [0.25, 0.3) is 0 Å². The van der Waals surface area contributed by atoms with Crippen LogP contribution in [-0.2, 0) is 10.8 Å². The van der Waals surface area contributed by atoms with Gasteiger partial charge in [0.05, 0.1) is 33.2 Å². The van der Waals surface area contributed by atoms with Gasteiger partial charge in [-0.3, -0.25) is 0 Å². The number of para-hydroxylation sites is 3. The van der Waals surface area contributed by atoms with Crippen molar-refractivity contribution in [3.8, 4) is 27.9 Å².